The Morgan fingerprint density at radius 3 is 3.00 bits per heavy atom. The number of ether oxygens (including phenoxy) is 1. The smallest absolute Gasteiger partial charge is 0.237 e. The minimum Gasteiger partial charge on any atom is -0.487 e. The predicted octanol–water partition coefficient (Wildman–Crippen LogP) is 0.946. The molecular weight excluding hydrogens is 280 g/mol. The van der Waals surface area contributed by atoms with Crippen molar-refractivity contribution >= 4 is 17.5 Å². The van der Waals surface area contributed by atoms with Gasteiger partial charge in [-0.2, -0.15) is 0 Å². The van der Waals surface area contributed by atoms with E-state index in [0.29, 0.717) is 30.3 Å². The number of carbonyl (C=O) groups excluding carboxylic acids is 1. The highest BCUT2D eigenvalue weighted by atomic mass is 35.5. The van der Waals surface area contributed by atoms with Gasteiger partial charge in [-0.1, -0.05) is 23.7 Å². The first-order valence-electron chi connectivity index (χ1n) is 6.66. The van der Waals surface area contributed by atoms with Crippen LogP contribution >= 0.6 is 11.6 Å². The van der Waals surface area contributed by atoms with Gasteiger partial charge in [0.15, 0.2) is 0 Å². The number of aliphatic hydroxyl groups is 1. The first-order chi connectivity index (χ1) is 9.56. The van der Waals surface area contributed by atoms with E-state index in [0.717, 1.165) is 0 Å². The Labute approximate surface area is 123 Å². The first-order valence-corrected chi connectivity index (χ1v) is 7.04. The molecule has 6 heteroatoms. The number of benzene rings is 1. The highest BCUT2D eigenvalue weighted by molar-refractivity contribution is 6.32. The molecule has 0 aliphatic carbocycles. The lowest BCUT2D eigenvalue weighted by Crippen LogP contribution is -2.43. The third-order valence-electron chi connectivity index (χ3n) is 3.15. The summed E-state index contributed by atoms with van der Waals surface area (Å²) in [5.74, 6) is 0.487. The zero-order valence-electron chi connectivity index (χ0n) is 11.3. The number of rotatable bonds is 5. The minimum absolute atomic E-state index is 0.115. The summed E-state index contributed by atoms with van der Waals surface area (Å²) in [5, 5.41) is 15.7. The fourth-order valence-electron chi connectivity index (χ4n) is 2.08. The molecule has 0 radical (unpaired) electrons. The minimum atomic E-state index is -0.442. The highest BCUT2D eigenvalue weighted by Crippen LogP contribution is 2.24. The third kappa shape index (κ3) is 4.10. The summed E-state index contributed by atoms with van der Waals surface area (Å²) in [7, 11) is 0. The van der Waals surface area contributed by atoms with Crippen molar-refractivity contribution in [1.82, 2.24) is 10.6 Å². The van der Waals surface area contributed by atoms with Gasteiger partial charge in [-0.05, 0) is 25.5 Å². The Morgan fingerprint density at radius 2 is 2.35 bits per heavy atom. The second-order valence-corrected chi connectivity index (χ2v) is 5.36. The molecule has 0 bridgehead atoms. The Bertz CT molecular complexity index is 469. The molecule has 1 amide bonds. The van der Waals surface area contributed by atoms with Crippen LogP contribution < -0.4 is 15.4 Å². The number of halogens is 1. The molecule has 3 N–H and O–H groups in total. The molecule has 0 saturated carbocycles. The second-order valence-electron chi connectivity index (χ2n) is 4.95. The molecule has 1 aliphatic rings. The maximum absolute atomic E-state index is 11.8. The molecule has 20 heavy (non-hydrogen) atoms. The van der Waals surface area contributed by atoms with E-state index in [1.807, 2.05) is 19.1 Å². The van der Waals surface area contributed by atoms with Crippen LogP contribution in [0.2, 0.25) is 5.02 Å². The zero-order chi connectivity index (χ0) is 14.5. The van der Waals surface area contributed by atoms with Gasteiger partial charge >= 0.3 is 0 Å². The molecule has 110 valence electrons. The normalized spacial score (nSPS) is 23.4. The van der Waals surface area contributed by atoms with Crippen LogP contribution in [-0.2, 0) is 4.79 Å². The molecule has 3 atom stereocenters. The van der Waals surface area contributed by atoms with E-state index in [1.165, 1.54) is 0 Å². The van der Waals surface area contributed by atoms with Crippen molar-refractivity contribution in [1.29, 1.82) is 0 Å². The molecule has 2 rings (SSSR count). The lowest BCUT2D eigenvalue weighted by molar-refractivity contribution is -0.123. The van der Waals surface area contributed by atoms with Crippen molar-refractivity contribution in [2.24, 2.45) is 0 Å². The van der Waals surface area contributed by atoms with Crippen LogP contribution in [0.5, 0.6) is 5.75 Å². The lowest BCUT2D eigenvalue weighted by Gasteiger charge is -2.17. The summed E-state index contributed by atoms with van der Waals surface area (Å²) in [5.41, 5.74) is 0. The van der Waals surface area contributed by atoms with Crippen LogP contribution in [0.3, 0.4) is 0 Å². The lowest BCUT2D eigenvalue weighted by atomic mass is 10.2. The van der Waals surface area contributed by atoms with Gasteiger partial charge in [0.1, 0.15) is 11.9 Å². The topological polar surface area (TPSA) is 70.6 Å². The Morgan fingerprint density at radius 1 is 1.60 bits per heavy atom. The molecule has 1 fully saturated rings. The summed E-state index contributed by atoms with van der Waals surface area (Å²) >= 11 is 6.00. The van der Waals surface area contributed by atoms with E-state index in [-0.39, 0.29) is 18.1 Å². The van der Waals surface area contributed by atoms with E-state index in [9.17, 15) is 9.90 Å². The van der Waals surface area contributed by atoms with E-state index in [4.69, 9.17) is 16.3 Å². The molecule has 0 aromatic heterocycles. The second kappa shape index (κ2) is 6.92. The van der Waals surface area contributed by atoms with Gasteiger partial charge in [0.05, 0.1) is 23.7 Å². The Balaban J connectivity index is 1.76. The molecule has 0 unspecified atom stereocenters. The van der Waals surface area contributed by atoms with E-state index in [2.05, 4.69) is 10.6 Å². The van der Waals surface area contributed by atoms with Gasteiger partial charge < -0.3 is 20.5 Å². The fourth-order valence-corrected chi connectivity index (χ4v) is 2.26. The monoisotopic (exact) mass is 298 g/mol. The number of amides is 1. The Kier molecular flexibility index (Phi) is 5.23. The average molecular weight is 299 g/mol. The molecule has 1 heterocycles. The van der Waals surface area contributed by atoms with Gasteiger partial charge in [0.2, 0.25) is 5.91 Å². The molecule has 1 saturated heterocycles. The molecule has 5 nitrogen and oxygen atoms in total. The fraction of sp³-hybridized carbons (Fsp3) is 0.500. The number of aliphatic hydroxyl groups excluding tert-OH is 1. The maximum atomic E-state index is 11.8. The van der Waals surface area contributed by atoms with E-state index < -0.39 is 6.10 Å². The average Bonchev–Trinajstić information content (AvgIpc) is 2.85. The molecule has 1 aromatic carbocycles. The van der Waals surface area contributed by atoms with Crippen LogP contribution in [0, 0.1) is 0 Å². The van der Waals surface area contributed by atoms with E-state index >= 15 is 0 Å². The predicted molar refractivity (Wildman–Crippen MR) is 77.0 cm³/mol. The summed E-state index contributed by atoms with van der Waals surface area (Å²) in [6, 6.07) is 6.90. The van der Waals surface area contributed by atoms with Crippen molar-refractivity contribution in [3.8, 4) is 5.75 Å². The van der Waals surface area contributed by atoms with Crippen molar-refractivity contribution in [3.63, 3.8) is 0 Å². The Hall–Kier alpha value is -1.30. The quantitative estimate of drug-likeness (QED) is 0.757. The number of hydrogen-bond donors (Lipinski definition) is 3. The SMILES string of the molecule is C[C@H](CNC(=O)[C@@H]1C[C@@H](O)CN1)Oc1ccccc1Cl. The van der Waals surface area contributed by atoms with Crippen LogP contribution in [0.25, 0.3) is 0 Å². The largest absolute Gasteiger partial charge is 0.487 e. The van der Waals surface area contributed by atoms with Crippen molar-refractivity contribution in [2.45, 2.75) is 31.6 Å². The van der Waals surface area contributed by atoms with Crippen molar-refractivity contribution in [3.05, 3.63) is 29.3 Å². The van der Waals surface area contributed by atoms with Crippen LogP contribution in [0.15, 0.2) is 24.3 Å². The molecule has 0 spiro atoms. The maximum Gasteiger partial charge on any atom is 0.237 e. The first kappa shape index (κ1) is 15.1. The van der Waals surface area contributed by atoms with Gasteiger partial charge in [-0.15, -0.1) is 0 Å². The third-order valence-corrected chi connectivity index (χ3v) is 3.46. The molecular formula is C14H19ClN2O3. The van der Waals surface area contributed by atoms with Crippen LogP contribution in [0.1, 0.15) is 13.3 Å². The van der Waals surface area contributed by atoms with Gasteiger partial charge in [0.25, 0.3) is 0 Å². The summed E-state index contributed by atoms with van der Waals surface area (Å²) in [6.45, 7) is 2.71. The van der Waals surface area contributed by atoms with Crippen LogP contribution in [0.4, 0.5) is 0 Å². The number of hydrogen-bond acceptors (Lipinski definition) is 4. The number of carbonyl (C=O) groups is 1. The van der Waals surface area contributed by atoms with Crippen molar-refractivity contribution in [2.75, 3.05) is 13.1 Å². The standard InChI is InChI=1S/C14H19ClN2O3/c1-9(20-13-5-3-2-4-11(13)15)7-17-14(19)12-6-10(18)8-16-12/h2-5,9-10,12,16,18H,6-8H2,1H3,(H,17,19)/t9-,10-,12+/m1/s1. The van der Waals surface area contributed by atoms with Gasteiger partial charge in [0, 0.05) is 6.54 Å². The number of β-amino-alcohol motifs (C(OH)–C–C–N with tert-alkyl or cyclic N) is 1. The van der Waals surface area contributed by atoms with Crippen LogP contribution in [-0.4, -0.2) is 42.4 Å². The summed E-state index contributed by atoms with van der Waals surface area (Å²) < 4.78 is 5.66. The van der Waals surface area contributed by atoms with Crippen molar-refractivity contribution < 1.29 is 14.6 Å². The molecule has 1 aromatic rings. The molecule has 1 aliphatic heterocycles. The highest BCUT2D eigenvalue weighted by Gasteiger charge is 2.27. The number of para-hydroxylation sites is 1. The number of nitrogens with one attached hydrogen (secondary N) is 2. The van der Waals surface area contributed by atoms with Gasteiger partial charge in [-0.25, -0.2) is 0 Å². The van der Waals surface area contributed by atoms with E-state index in [1.54, 1.807) is 12.1 Å². The summed E-state index contributed by atoms with van der Waals surface area (Å²) in [6.07, 6.45) is -0.182. The van der Waals surface area contributed by atoms with Gasteiger partial charge in [-0.3, -0.25) is 4.79 Å². The summed E-state index contributed by atoms with van der Waals surface area (Å²) in [4.78, 5) is 11.8. The zero-order valence-corrected chi connectivity index (χ0v) is 12.1.